The number of amides is 1. The minimum atomic E-state index is -0.250. The molecular weight excluding hydrogens is 266 g/mol. The van der Waals surface area contributed by atoms with Gasteiger partial charge < -0.3 is 9.73 Å². The Labute approximate surface area is 123 Å². The van der Waals surface area contributed by atoms with Gasteiger partial charge in [-0.2, -0.15) is 0 Å². The number of ketones is 1. The van der Waals surface area contributed by atoms with E-state index in [2.05, 4.69) is 5.32 Å². The van der Waals surface area contributed by atoms with Crippen LogP contribution in [-0.2, 0) is 11.2 Å². The number of furan rings is 1. The summed E-state index contributed by atoms with van der Waals surface area (Å²) >= 11 is 0. The average molecular weight is 283 g/mol. The third kappa shape index (κ3) is 4.18. The molecule has 4 heteroatoms. The van der Waals surface area contributed by atoms with Gasteiger partial charge in [-0.1, -0.05) is 6.92 Å². The van der Waals surface area contributed by atoms with Gasteiger partial charge in [-0.15, -0.1) is 0 Å². The van der Waals surface area contributed by atoms with E-state index in [9.17, 15) is 9.59 Å². The maximum atomic E-state index is 11.8. The van der Waals surface area contributed by atoms with E-state index in [0.717, 1.165) is 12.2 Å². The SMILES string of the molecule is CCc1ccc(C=CC(=O)Nc2ccc(C(C)=O)cc2)o1. The highest BCUT2D eigenvalue weighted by atomic mass is 16.3. The van der Waals surface area contributed by atoms with E-state index in [0.29, 0.717) is 17.0 Å². The van der Waals surface area contributed by atoms with Gasteiger partial charge in [0.05, 0.1) is 0 Å². The molecule has 1 aromatic carbocycles. The van der Waals surface area contributed by atoms with Crippen molar-refractivity contribution >= 4 is 23.5 Å². The average Bonchev–Trinajstić information content (AvgIpc) is 2.94. The molecule has 2 rings (SSSR count). The summed E-state index contributed by atoms with van der Waals surface area (Å²) in [5.74, 6) is 1.28. The van der Waals surface area contributed by atoms with Crippen LogP contribution in [0.4, 0.5) is 5.69 Å². The van der Waals surface area contributed by atoms with E-state index >= 15 is 0 Å². The summed E-state index contributed by atoms with van der Waals surface area (Å²) in [6.45, 7) is 3.51. The largest absolute Gasteiger partial charge is 0.462 e. The lowest BCUT2D eigenvalue weighted by molar-refractivity contribution is -0.111. The second-order valence-electron chi connectivity index (χ2n) is 4.61. The zero-order chi connectivity index (χ0) is 15.2. The van der Waals surface area contributed by atoms with Crippen molar-refractivity contribution in [2.75, 3.05) is 5.32 Å². The van der Waals surface area contributed by atoms with Gasteiger partial charge in [0.15, 0.2) is 5.78 Å². The summed E-state index contributed by atoms with van der Waals surface area (Å²) in [5.41, 5.74) is 1.26. The smallest absolute Gasteiger partial charge is 0.248 e. The Balaban J connectivity index is 1.96. The van der Waals surface area contributed by atoms with Crippen LogP contribution in [0.1, 0.15) is 35.7 Å². The minimum absolute atomic E-state index is 0.00248. The second-order valence-corrected chi connectivity index (χ2v) is 4.61. The zero-order valence-electron chi connectivity index (χ0n) is 12.1. The number of aryl methyl sites for hydroxylation is 1. The van der Waals surface area contributed by atoms with Gasteiger partial charge in [-0.25, -0.2) is 0 Å². The van der Waals surface area contributed by atoms with Crippen LogP contribution in [0.15, 0.2) is 46.9 Å². The Hall–Kier alpha value is -2.62. The van der Waals surface area contributed by atoms with E-state index in [1.165, 1.54) is 13.0 Å². The van der Waals surface area contributed by atoms with Crippen LogP contribution in [0.3, 0.4) is 0 Å². The third-order valence-corrected chi connectivity index (χ3v) is 2.99. The van der Waals surface area contributed by atoms with Crippen LogP contribution in [0.2, 0.25) is 0 Å². The topological polar surface area (TPSA) is 59.3 Å². The quantitative estimate of drug-likeness (QED) is 0.672. The summed E-state index contributed by atoms with van der Waals surface area (Å²) in [6, 6.07) is 10.5. The summed E-state index contributed by atoms with van der Waals surface area (Å²) in [4.78, 5) is 22.9. The van der Waals surface area contributed by atoms with E-state index in [-0.39, 0.29) is 11.7 Å². The number of rotatable bonds is 5. The summed E-state index contributed by atoms with van der Waals surface area (Å²) in [7, 11) is 0. The highest BCUT2D eigenvalue weighted by Gasteiger charge is 2.02. The summed E-state index contributed by atoms with van der Waals surface area (Å²) in [6.07, 6.45) is 3.86. The van der Waals surface area contributed by atoms with Gasteiger partial charge in [-0.3, -0.25) is 9.59 Å². The van der Waals surface area contributed by atoms with Crippen molar-refractivity contribution in [3.8, 4) is 0 Å². The molecule has 2 aromatic rings. The Morgan fingerprint density at radius 2 is 1.86 bits per heavy atom. The van der Waals surface area contributed by atoms with E-state index < -0.39 is 0 Å². The maximum absolute atomic E-state index is 11.8. The van der Waals surface area contributed by atoms with Gasteiger partial charge >= 0.3 is 0 Å². The number of benzene rings is 1. The Morgan fingerprint density at radius 3 is 2.43 bits per heavy atom. The lowest BCUT2D eigenvalue weighted by atomic mass is 10.1. The number of nitrogens with one attached hydrogen (secondary N) is 1. The number of Topliss-reactive ketones (excluding diaryl/α,β-unsaturated/α-hetero) is 1. The molecule has 4 nitrogen and oxygen atoms in total. The molecule has 0 aliphatic heterocycles. The maximum Gasteiger partial charge on any atom is 0.248 e. The van der Waals surface area contributed by atoms with Gasteiger partial charge in [0, 0.05) is 23.7 Å². The predicted molar refractivity (Wildman–Crippen MR) is 82.2 cm³/mol. The van der Waals surface area contributed by atoms with E-state index in [4.69, 9.17) is 4.42 Å². The van der Waals surface area contributed by atoms with E-state index in [1.54, 1.807) is 30.3 Å². The molecule has 1 amide bonds. The van der Waals surface area contributed by atoms with Gasteiger partial charge in [0.25, 0.3) is 0 Å². The first-order valence-electron chi connectivity index (χ1n) is 6.77. The van der Waals surface area contributed by atoms with Crippen LogP contribution in [0, 0.1) is 0 Å². The number of carbonyl (C=O) groups is 2. The summed E-state index contributed by atoms with van der Waals surface area (Å²) in [5, 5.41) is 2.72. The fourth-order valence-corrected chi connectivity index (χ4v) is 1.80. The fourth-order valence-electron chi connectivity index (χ4n) is 1.80. The van der Waals surface area contributed by atoms with Gasteiger partial charge in [0.1, 0.15) is 11.5 Å². The normalized spacial score (nSPS) is 10.8. The lowest BCUT2D eigenvalue weighted by Crippen LogP contribution is -2.07. The van der Waals surface area contributed by atoms with Crippen LogP contribution < -0.4 is 5.32 Å². The van der Waals surface area contributed by atoms with Crippen LogP contribution in [0.5, 0.6) is 0 Å². The molecule has 108 valence electrons. The number of anilines is 1. The molecule has 0 bridgehead atoms. The van der Waals surface area contributed by atoms with Crippen molar-refractivity contribution in [3.05, 3.63) is 59.6 Å². The van der Waals surface area contributed by atoms with Crippen molar-refractivity contribution in [1.82, 2.24) is 0 Å². The van der Waals surface area contributed by atoms with Crippen LogP contribution in [0.25, 0.3) is 6.08 Å². The first-order chi connectivity index (χ1) is 10.1. The molecule has 0 spiro atoms. The molecule has 1 heterocycles. The fraction of sp³-hybridized carbons (Fsp3) is 0.176. The highest BCUT2D eigenvalue weighted by molar-refractivity contribution is 6.02. The first-order valence-corrected chi connectivity index (χ1v) is 6.77. The molecule has 0 saturated carbocycles. The van der Waals surface area contributed by atoms with Crippen molar-refractivity contribution in [3.63, 3.8) is 0 Å². The number of hydrogen-bond donors (Lipinski definition) is 1. The molecule has 0 fully saturated rings. The molecule has 1 N–H and O–H groups in total. The third-order valence-electron chi connectivity index (χ3n) is 2.99. The van der Waals surface area contributed by atoms with Crippen molar-refractivity contribution < 1.29 is 14.0 Å². The monoisotopic (exact) mass is 283 g/mol. The van der Waals surface area contributed by atoms with Crippen molar-refractivity contribution in [2.24, 2.45) is 0 Å². The first kappa shape index (κ1) is 14.8. The minimum Gasteiger partial charge on any atom is -0.462 e. The van der Waals surface area contributed by atoms with Gasteiger partial charge in [-0.05, 0) is 49.4 Å². The molecule has 0 aliphatic rings. The molecule has 0 saturated heterocycles. The van der Waals surface area contributed by atoms with Crippen LogP contribution >= 0.6 is 0 Å². The van der Waals surface area contributed by atoms with Crippen molar-refractivity contribution in [1.29, 1.82) is 0 Å². The van der Waals surface area contributed by atoms with Crippen LogP contribution in [-0.4, -0.2) is 11.7 Å². The lowest BCUT2D eigenvalue weighted by Gasteiger charge is -2.02. The Bertz CT molecular complexity index is 666. The molecule has 21 heavy (non-hydrogen) atoms. The van der Waals surface area contributed by atoms with E-state index in [1.807, 2.05) is 19.1 Å². The van der Waals surface area contributed by atoms with Gasteiger partial charge in [0.2, 0.25) is 5.91 Å². The molecule has 0 unspecified atom stereocenters. The standard InChI is InChI=1S/C17H17NO3/c1-3-15-8-9-16(21-15)10-11-17(20)18-14-6-4-13(5-7-14)12(2)19/h4-11H,3H2,1-2H3,(H,18,20). The molecular formula is C17H17NO3. The molecule has 0 radical (unpaired) electrons. The Morgan fingerprint density at radius 1 is 1.14 bits per heavy atom. The predicted octanol–water partition coefficient (Wildman–Crippen LogP) is 3.70. The molecule has 1 aromatic heterocycles. The highest BCUT2D eigenvalue weighted by Crippen LogP contribution is 2.12. The number of hydrogen-bond acceptors (Lipinski definition) is 3. The zero-order valence-corrected chi connectivity index (χ0v) is 12.1. The van der Waals surface area contributed by atoms with Crippen molar-refractivity contribution in [2.45, 2.75) is 20.3 Å². The second kappa shape index (κ2) is 6.70. The molecule has 0 atom stereocenters. The number of carbonyl (C=O) groups excluding carboxylic acids is 2. The summed E-state index contributed by atoms with van der Waals surface area (Å²) < 4.78 is 5.47. The molecule has 0 aliphatic carbocycles. The Kier molecular flexibility index (Phi) is 4.72.